The number of amides is 1. The molecule has 0 bridgehead atoms. The Hall–Kier alpha value is -4.56. The zero-order valence-electron chi connectivity index (χ0n) is 26.1. The summed E-state index contributed by atoms with van der Waals surface area (Å²) >= 11 is 0. The van der Waals surface area contributed by atoms with E-state index in [0.29, 0.717) is 30.9 Å². The Morgan fingerprint density at radius 2 is 1.68 bits per heavy atom. The fourth-order valence-electron chi connectivity index (χ4n) is 4.83. The lowest BCUT2D eigenvalue weighted by molar-refractivity contribution is -0.149. The van der Waals surface area contributed by atoms with Crippen LogP contribution in [-0.2, 0) is 27.9 Å². The Morgan fingerprint density at radius 3 is 2.38 bits per heavy atom. The van der Waals surface area contributed by atoms with E-state index in [1.165, 1.54) is 36.8 Å². The van der Waals surface area contributed by atoms with Crippen LogP contribution in [0.3, 0.4) is 0 Å². The number of furan rings is 1. The molecule has 2 heterocycles. The van der Waals surface area contributed by atoms with Gasteiger partial charge in [-0.2, -0.15) is 0 Å². The fourth-order valence-corrected chi connectivity index (χ4v) is 6.15. The van der Waals surface area contributed by atoms with E-state index >= 15 is 0 Å². The molecule has 5 rings (SSSR count). The average molecular weight is 667 g/mol. The lowest BCUT2D eigenvalue weighted by atomic mass is 10.0. The SMILES string of the molecule is CCC(CC)ON(C[C@@H](O)[C@H](Cc1ccc(OCc2ccccc2)cc1)NC(=O)Oc1ccoc1)S(=O)(=O)c1ccc2c(c1)OCO2. The molecule has 2 N–H and O–H groups in total. The van der Waals surface area contributed by atoms with Gasteiger partial charge in [-0.25, -0.2) is 13.2 Å². The van der Waals surface area contributed by atoms with E-state index in [4.69, 9.17) is 28.2 Å². The van der Waals surface area contributed by atoms with Crippen molar-refractivity contribution in [3.63, 3.8) is 0 Å². The third kappa shape index (κ3) is 9.04. The highest BCUT2D eigenvalue weighted by molar-refractivity contribution is 7.89. The lowest BCUT2D eigenvalue weighted by Crippen LogP contribution is -2.51. The molecule has 0 radical (unpaired) electrons. The van der Waals surface area contributed by atoms with Crippen molar-refractivity contribution in [3.8, 4) is 23.0 Å². The minimum absolute atomic E-state index is 0.0199. The van der Waals surface area contributed by atoms with Crippen molar-refractivity contribution in [2.24, 2.45) is 0 Å². The molecule has 47 heavy (non-hydrogen) atoms. The van der Waals surface area contributed by atoms with Gasteiger partial charge in [-0.15, -0.1) is 0 Å². The summed E-state index contributed by atoms with van der Waals surface area (Å²) in [4.78, 5) is 18.7. The maximum atomic E-state index is 13.9. The van der Waals surface area contributed by atoms with Crippen LogP contribution in [0.15, 0.2) is 101 Å². The summed E-state index contributed by atoms with van der Waals surface area (Å²) in [5.41, 5.74) is 1.77. The first-order valence-corrected chi connectivity index (χ1v) is 16.7. The smallest absolute Gasteiger partial charge is 0.413 e. The second-order valence-corrected chi connectivity index (χ2v) is 12.7. The van der Waals surface area contributed by atoms with Crippen LogP contribution in [0.2, 0.25) is 0 Å². The number of rotatable bonds is 16. The van der Waals surface area contributed by atoms with Crippen LogP contribution in [0.5, 0.6) is 23.0 Å². The highest BCUT2D eigenvalue weighted by Gasteiger charge is 2.34. The number of nitrogens with one attached hydrogen (secondary N) is 1. The topological polar surface area (TPSA) is 146 Å². The summed E-state index contributed by atoms with van der Waals surface area (Å²) in [6, 6.07) is 21.7. The second-order valence-electron chi connectivity index (χ2n) is 10.8. The first-order chi connectivity index (χ1) is 22.7. The van der Waals surface area contributed by atoms with Gasteiger partial charge in [0.25, 0.3) is 10.0 Å². The van der Waals surface area contributed by atoms with E-state index in [0.717, 1.165) is 15.6 Å². The van der Waals surface area contributed by atoms with Gasteiger partial charge in [-0.1, -0.05) is 60.8 Å². The Kier molecular flexibility index (Phi) is 11.4. The van der Waals surface area contributed by atoms with Gasteiger partial charge in [0.15, 0.2) is 17.2 Å². The maximum Gasteiger partial charge on any atom is 0.413 e. The molecule has 0 saturated carbocycles. The minimum atomic E-state index is -4.30. The maximum absolute atomic E-state index is 13.9. The molecule has 4 aromatic rings. The van der Waals surface area contributed by atoms with Crippen LogP contribution in [0, 0.1) is 0 Å². The predicted molar refractivity (Wildman–Crippen MR) is 170 cm³/mol. The van der Waals surface area contributed by atoms with Gasteiger partial charge < -0.3 is 33.8 Å². The number of ether oxygens (including phenoxy) is 4. The van der Waals surface area contributed by atoms with Gasteiger partial charge in [0.2, 0.25) is 6.79 Å². The zero-order chi connectivity index (χ0) is 33.2. The number of hydrogen-bond acceptors (Lipinski definition) is 10. The Balaban J connectivity index is 1.35. The number of sulfonamides is 1. The van der Waals surface area contributed by atoms with Gasteiger partial charge in [-0.3, -0.25) is 4.84 Å². The number of aliphatic hydroxyl groups excluding tert-OH is 1. The largest absolute Gasteiger partial charge is 0.489 e. The summed E-state index contributed by atoms with van der Waals surface area (Å²) in [7, 11) is -4.30. The molecular weight excluding hydrogens is 628 g/mol. The van der Waals surface area contributed by atoms with E-state index in [2.05, 4.69) is 5.32 Å². The third-order valence-electron chi connectivity index (χ3n) is 7.52. The number of nitrogens with zero attached hydrogens (tertiary/aromatic N) is 1. The quantitative estimate of drug-likeness (QED) is 0.148. The van der Waals surface area contributed by atoms with Crippen molar-refractivity contribution in [2.75, 3.05) is 13.3 Å². The molecular formula is C34H38N2O10S. The van der Waals surface area contributed by atoms with Gasteiger partial charge in [0.1, 0.15) is 18.6 Å². The molecule has 12 nitrogen and oxygen atoms in total. The molecule has 1 aliphatic rings. The third-order valence-corrected chi connectivity index (χ3v) is 9.15. The number of aliphatic hydroxyl groups is 1. The predicted octanol–water partition coefficient (Wildman–Crippen LogP) is 5.46. The van der Waals surface area contributed by atoms with Crippen molar-refractivity contribution in [1.82, 2.24) is 9.79 Å². The van der Waals surface area contributed by atoms with Crippen LogP contribution in [0.25, 0.3) is 0 Å². The highest BCUT2D eigenvalue weighted by atomic mass is 32.2. The van der Waals surface area contributed by atoms with Gasteiger partial charge >= 0.3 is 6.09 Å². The van der Waals surface area contributed by atoms with Crippen LogP contribution < -0.4 is 24.3 Å². The van der Waals surface area contributed by atoms with Gasteiger partial charge in [-0.05, 0) is 54.7 Å². The second kappa shape index (κ2) is 15.8. The van der Waals surface area contributed by atoms with E-state index in [1.54, 1.807) is 12.1 Å². The molecule has 1 aliphatic heterocycles. The molecule has 0 spiro atoms. The van der Waals surface area contributed by atoms with Crippen LogP contribution >= 0.6 is 0 Å². The first kappa shape index (κ1) is 33.8. The Morgan fingerprint density at radius 1 is 0.936 bits per heavy atom. The van der Waals surface area contributed by atoms with E-state index in [-0.39, 0.29) is 29.6 Å². The summed E-state index contributed by atoms with van der Waals surface area (Å²) < 4.78 is 55.4. The Labute approximate surface area is 273 Å². The summed E-state index contributed by atoms with van der Waals surface area (Å²) in [5.74, 6) is 1.52. The number of carbonyl (C=O) groups excluding carboxylic acids is 1. The minimum Gasteiger partial charge on any atom is -0.489 e. The van der Waals surface area contributed by atoms with Gasteiger partial charge in [0.05, 0.1) is 36.0 Å². The van der Waals surface area contributed by atoms with Gasteiger partial charge in [0, 0.05) is 12.1 Å². The monoisotopic (exact) mass is 666 g/mol. The van der Waals surface area contributed by atoms with E-state index < -0.39 is 40.9 Å². The van der Waals surface area contributed by atoms with Crippen molar-refractivity contribution in [2.45, 2.75) is 62.9 Å². The number of hydrogen-bond donors (Lipinski definition) is 2. The molecule has 1 aromatic heterocycles. The average Bonchev–Trinajstić information content (AvgIpc) is 3.78. The van der Waals surface area contributed by atoms with Crippen LogP contribution in [0.4, 0.5) is 4.79 Å². The normalized spacial score (nSPS) is 13.8. The number of benzene rings is 3. The molecule has 13 heteroatoms. The molecule has 250 valence electrons. The number of fused-ring (bicyclic) bond motifs is 1. The number of hydroxylamine groups is 1. The number of carbonyl (C=O) groups is 1. The Bertz CT molecular complexity index is 1680. The zero-order valence-corrected chi connectivity index (χ0v) is 26.9. The fraction of sp³-hybridized carbons (Fsp3) is 0.324. The molecule has 0 saturated heterocycles. The van der Waals surface area contributed by atoms with E-state index in [1.807, 2.05) is 56.3 Å². The van der Waals surface area contributed by atoms with Crippen LogP contribution in [-0.4, -0.2) is 55.7 Å². The molecule has 3 aromatic carbocycles. The molecule has 0 aliphatic carbocycles. The molecule has 2 atom stereocenters. The molecule has 0 unspecified atom stereocenters. The molecule has 1 amide bonds. The van der Waals surface area contributed by atoms with Crippen molar-refractivity contribution >= 4 is 16.1 Å². The van der Waals surface area contributed by atoms with E-state index in [9.17, 15) is 18.3 Å². The summed E-state index contributed by atoms with van der Waals surface area (Å²) in [5, 5.41) is 14.2. The summed E-state index contributed by atoms with van der Waals surface area (Å²) in [6.07, 6.45) is 1.04. The molecule has 0 fully saturated rings. The first-order valence-electron chi connectivity index (χ1n) is 15.3. The van der Waals surface area contributed by atoms with Crippen molar-refractivity contribution in [1.29, 1.82) is 0 Å². The summed E-state index contributed by atoms with van der Waals surface area (Å²) in [6.45, 7) is 3.63. The standard InChI is InChI=1S/C34H38N2O10S/c1-3-26(4-2)46-36(47(39,40)29-14-15-32-33(19-29)44-23-43-32)20-31(37)30(35-34(38)45-28-16-17-41-22-28)18-24-10-12-27(13-11-24)42-21-25-8-6-5-7-9-25/h5-17,19,22,26,30-31,37H,3-4,18,20-21,23H2,1-2H3,(H,35,38)/t30-,31+/m0/s1. The highest BCUT2D eigenvalue weighted by Crippen LogP contribution is 2.35. The van der Waals surface area contributed by atoms with Crippen molar-refractivity contribution in [3.05, 3.63) is 103 Å². The van der Waals surface area contributed by atoms with Crippen LogP contribution in [0.1, 0.15) is 37.8 Å². The van der Waals surface area contributed by atoms with Crippen molar-refractivity contribution < 1.29 is 46.5 Å². The lowest BCUT2D eigenvalue weighted by Gasteiger charge is -2.31.